The second kappa shape index (κ2) is 5.77. The summed E-state index contributed by atoms with van der Waals surface area (Å²) in [5, 5.41) is 13.7. The maximum absolute atomic E-state index is 10.6. The molecule has 1 aliphatic rings. The summed E-state index contributed by atoms with van der Waals surface area (Å²) >= 11 is 0. The van der Waals surface area contributed by atoms with Crippen LogP contribution in [0.1, 0.15) is 18.4 Å². The van der Waals surface area contributed by atoms with E-state index in [1.165, 1.54) is 19.0 Å². The lowest BCUT2D eigenvalue weighted by molar-refractivity contribution is -0.385. The first-order valence-electron chi connectivity index (χ1n) is 6.09. The molecular weight excluding hydrogens is 234 g/mol. The van der Waals surface area contributed by atoms with Crippen LogP contribution in [0.15, 0.2) is 12.3 Å². The fourth-order valence-electron chi connectivity index (χ4n) is 1.62. The minimum atomic E-state index is -0.426. The molecule has 0 amide bonds. The maximum atomic E-state index is 10.6. The molecule has 0 unspecified atom stereocenters. The number of anilines is 1. The second-order valence-corrected chi connectivity index (χ2v) is 4.56. The van der Waals surface area contributed by atoms with Crippen LogP contribution in [0.4, 0.5) is 11.5 Å². The van der Waals surface area contributed by atoms with Gasteiger partial charge in [-0.1, -0.05) is 0 Å². The lowest BCUT2D eigenvalue weighted by Crippen LogP contribution is -2.11. The third-order valence-corrected chi connectivity index (χ3v) is 2.88. The average Bonchev–Trinajstić information content (AvgIpc) is 3.12. The van der Waals surface area contributed by atoms with Crippen LogP contribution >= 0.6 is 0 Å². The first-order valence-corrected chi connectivity index (χ1v) is 6.09. The Kier molecular flexibility index (Phi) is 4.09. The Balaban J connectivity index is 1.74. The second-order valence-electron chi connectivity index (χ2n) is 4.56. The molecule has 18 heavy (non-hydrogen) atoms. The summed E-state index contributed by atoms with van der Waals surface area (Å²) in [6.45, 7) is 3.84. The number of aryl methyl sites for hydroxylation is 1. The van der Waals surface area contributed by atoms with E-state index in [1.54, 1.807) is 13.0 Å². The van der Waals surface area contributed by atoms with Gasteiger partial charge in [0.1, 0.15) is 12.0 Å². The number of rotatable bonds is 7. The summed E-state index contributed by atoms with van der Waals surface area (Å²) in [4.78, 5) is 14.2. The lowest BCUT2D eigenvalue weighted by Gasteiger charge is -2.07. The Morgan fingerprint density at radius 1 is 1.61 bits per heavy atom. The van der Waals surface area contributed by atoms with E-state index in [1.807, 2.05) is 0 Å². The van der Waals surface area contributed by atoms with E-state index in [9.17, 15) is 10.1 Å². The van der Waals surface area contributed by atoms with Crippen molar-refractivity contribution in [1.29, 1.82) is 0 Å². The Morgan fingerprint density at radius 2 is 2.39 bits per heavy atom. The Hall–Kier alpha value is -1.69. The van der Waals surface area contributed by atoms with Gasteiger partial charge in [-0.15, -0.1) is 0 Å². The largest absolute Gasteiger partial charge is 0.379 e. The predicted molar refractivity (Wildman–Crippen MR) is 67.7 cm³/mol. The topological polar surface area (TPSA) is 77.3 Å². The van der Waals surface area contributed by atoms with E-state index < -0.39 is 4.92 Å². The molecule has 1 heterocycles. The third-order valence-electron chi connectivity index (χ3n) is 2.88. The van der Waals surface area contributed by atoms with Crippen molar-refractivity contribution >= 4 is 11.5 Å². The molecule has 0 saturated heterocycles. The summed E-state index contributed by atoms with van der Waals surface area (Å²) in [5.74, 6) is 1.41. The SMILES string of the molecule is Cc1cc(NCCOCC2CC2)ncc1[N+](=O)[O-]. The zero-order valence-corrected chi connectivity index (χ0v) is 10.4. The summed E-state index contributed by atoms with van der Waals surface area (Å²) in [6.07, 6.45) is 3.86. The van der Waals surface area contributed by atoms with Gasteiger partial charge in [-0.25, -0.2) is 4.98 Å². The zero-order chi connectivity index (χ0) is 13.0. The fourth-order valence-corrected chi connectivity index (χ4v) is 1.62. The van der Waals surface area contributed by atoms with Crippen molar-refractivity contribution in [2.45, 2.75) is 19.8 Å². The van der Waals surface area contributed by atoms with Gasteiger partial charge < -0.3 is 10.1 Å². The molecular formula is C12H17N3O3. The number of ether oxygens (including phenoxy) is 1. The molecule has 0 aromatic carbocycles. The monoisotopic (exact) mass is 251 g/mol. The van der Waals surface area contributed by atoms with Crippen LogP contribution in [0.2, 0.25) is 0 Å². The minimum Gasteiger partial charge on any atom is -0.379 e. The standard InChI is InChI=1S/C12H17N3O3/c1-9-6-12(14-7-11(9)15(16)17)13-4-5-18-8-10-2-3-10/h6-7,10H,2-5,8H2,1H3,(H,13,14). The van der Waals surface area contributed by atoms with Crippen molar-refractivity contribution in [3.63, 3.8) is 0 Å². The van der Waals surface area contributed by atoms with Gasteiger partial charge >= 0.3 is 0 Å². The molecule has 6 nitrogen and oxygen atoms in total. The summed E-state index contributed by atoms with van der Waals surface area (Å²) < 4.78 is 5.47. The van der Waals surface area contributed by atoms with E-state index in [4.69, 9.17) is 4.74 Å². The molecule has 0 atom stereocenters. The molecule has 1 aliphatic carbocycles. The minimum absolute atomic E-state index is 0.0468. The molecule has 6 heteroatoms. The van der Waals surface area contributed by atoms with E-state index in [-0.39, 0.29) is 5.69 Å². The molecule has 1 aromatic rings. The number of nitrogens with one attached hydrogen (secondary N) is 1. The van der Waals surface area contributed by atoms with Gasteiger partial charge in [-0.3, -0.25) is 10.1 Å². The van der Waals surface area contributed by atoms with Crippen LogP contribution in [0, 0.1) is 23.0 Å². The lowest BCUT2D eigenvalue weighted by atomic mass is 10.2. The van der Waals surface area contributed by atoms with E-state index in [0.717, 1.165) is 12.5 Å². The van der Waals surface area contributed by atoms with Crippen LogP contribution in [0.3, 0.4) is 0 Å². The van der Waals surface area contributed by atoms with Gasteiger partial charge in [-0.2, -0.15) is 0 Å². The van der Waals surface area contributed by atoms with E-state index in [2.05, 4.69) is 10.3 Å². The number of aromatic nitrogens is 1. The van der Waals surface area contributed by atoms with E-state index in [0.29, 0.717) is 24.5 Å². The Labute approximate surface area is 106 Å². The van der Waals surface area contributed by atoms with Crippen molar-refractivity contribution in [2.24, 2.45) is 5.92 Å². The first kappa shape index (κ1) is 12.8. The van der Waals surface area contributed by atoms with Crippen molar-refractivity contribution in [3.05, 3.63) is 27.9 Å². The van der Waals surface area contributed by atoms with Gasteiger partial charge in [0.05, 0.1) is 11.5 Å². The number of pyridine rings is 1. The molecule has 1 fully saturated rings. The molecule has 1 saturated carbocycles. The highest BCUT2D eigenvalue weighted by Gasteiger charge is 2.20. The quantitative estimate of drug-likeness (QED) is 0.456. The van der Waals surface area contributed by atoms with Crippen LogP contribution < -0.4 is 5.32 Å². The predicted octanol–water partition coefficient (Wildman–Crippen LogP) is 2.14. The van der Waals surface area contributed by atoms with Crippen LogP contribution in [-0.4, -0.2) is 29.7 Å². The van der Waals surface area contributed by atoms with Crippen molar-refractivity contribution < 1.29 is 9.66 Å². The van der Waals surface area contributed by atoms with Crippen LogP contribution in [0.5, 0.6) is 0 Å². The summed E-state index contributed by atoms with van der Waals surface area (Å²) in [5.41, 5.74) is 0.655. The van der Waals surface area contributed by atoms with Crippen molar-refractivity contribution in [2.75, 3.05) is 25.1 Å². The molecule has 1 aromatic heterocycles. The van der Waals surface area contributed by atoms with E-state index >= 15 is 0 Å². The van der Waals surface area contributed by atoms with Gasteiger partial charge in [0.25, 0.3) is 5.69 Å². The highest BCUT2D eigenvalue weighted by atomic mass is 16.6. The smallest absolute Gasteiger partial charge is 0.290 e. The number of nitro groups is 1. The third kappa shape index (κ3) is 3.66. The molecule has 0 aliphatic heterocycles. The molecule has 0 spiro atoms. The highest BCUT2D eigenvalue weighted by Crippen LogP contribution is 2.28. The van der Waals surface area contributed by atoms with Crippen LogP contribution in [-0.2, 0) is 4.74 Å². The number of hydrogen-bond acceptors (Lipinski definition) is 5. The molecule has 1 N–H and O–H groups in total. The van der Waals surface area contributed by atoms with Gasteiger partial charge in [0.2, 0.25) is 0 Å². The maximum Gasteiger partial charge on any atom is 0.290 e. The number of nitrogens with zero attached hydrogens (tertiary/aromatic N) is 2. The van der Waals surface area contributed by atoms with Gasteiger partial charge in [0, 0.05) is 18.7 Å². The average molecular weight is 251 g/mol. The van der Waals surface area contributed by atoms with Gasteiger partial charge in [-0.05, 0) is 31.7 Å². The summed E-state index contributed by atoms with van der Waals surface area (Å²) in [7, 11) is 0. The zero-order valence-electron chi connectivity index (χ0n) is 10.4. The van der Waals surface area contributed by atoms with Crippen molar-refractivity contribution in [1.82, 2.24) is 4.98 Å². The van der Waals surface area contributed by atoms with Crippen LogP contribution in [0.25, 0.3) is 0 Å². The normalized spacial score (nSPS) is 14.5. The summed E-state index contributed by atoms with van der Waals surface area (Å²) in [6, 6.07) is 1.68. The fraction of sp³-hybridized carbons (Fsp3) is 0.583. The van der Waals surface area contributed by atoms with Crippen molar-refractivity contribution in [3.8, 4) is 0 Å². The highest BCUT2D eigenvalue weighted by molar-refractivity contribution is 5.46. The van der Waals surface area contributed by atoms with Gasteiger partial charge in [0.15, 0.2) is 0 Å². The molecule has 0 radical (unpaired) electrons. The Morgan fingerprint density at radius 3 is 3.00 bits per heavy atom. The first-order chi connectivity index (χ1) is 8.66. The molecule has 0 bridgehead atoms. The molecule has 98 valence electrons. The molecule has 2 rings (SSSR count). The number of hydrogen-bond donors (Lipinski definition) is 1. The Bertz CT molecular complexity index is 433.